The molecule has 0 saturated carbocycles. The van der Waals surface area contributed by atoms with Gasteiger partial charge in [0.15, 0.2) is 5.78 Å². The van der Waals surface area contributed by atoms with Crippen molar-refractivity contribution in [3.63, 3.8) is 0 Å². The van der Waals surface area contributed by atoms with Crippen molar-refractivity contribution in [1.82, 2.24) is 4.90 Å². The Labute approximate surface area is 156 Å². The number of anilines is 1. The number of fused-ring (bicyclic) bond motifs is 1. The average Bonchev–Trinajstić information content (AvgIpc) is 3.12. The van der Waals surface area contributed by atoms with Crippen LogP contribution in [0.4, 0.5) is 5.69 Å². The summed E-state index contributed by atoms with van der Waals surface area (Å²) in [6.45, 7) is 4.59. The monoisotopic (exact) mass is 364 g/mol. The molecule has 1 amide bonds. The first-order valence-electron chi connectivity index (χ1n) is 8.75. The van der Waals surface area contributed by atoms with Gasteiger partial charge in [-0.25, -0.2) is 0 Å². The minimum Gasteiger partial charge on any atom is -0.368 e. The molecule has 0 spiro atoms. The molecule has 0 bridgehead atoms. The Bertz CT molecular complexity index is 954. The maximum absolute atomic E-state index is 12.9. The number of carbonyl (C=O) groups is 2. The summed E-state index contributed by atoms with van der Waals surface area (Å²) in [5, 5.41) is 3.02. The number of piperazine rings is 1. The summed E-state index contributed by atoms with van der Waals surface area (Å²) < 4.78 is 1.15. The van der Waals surface area contributed by atoms with Crippen LogP contribution in [0, 0.1) is 0 Å². The van der Waals surface area contributed by atoms with Crippen LogP contribution < -0.4 is 4.90 Å². The molecule has 1 aliphatic heterocycles. The number of hydrogen-bond acceptors (Lipinski definition) is 4. The highest BCUT2D eigenvalue weighted by molar-refractivity contribution is 7.17. The molecule has 4 nitrogen and oxygen atoms in total. The van der Waals surface area contributed by atoms with Crippen molar-refractivity contribution < 1.29 is 9.59 Å². The number of thiophene rings is 1. The van der Waals surface area contributed by atoms with Crippen LogP contribution in [0.3, 0.4) is 0 Å². The van der Waals surface area contributed by atoms with Crippen molar-refractivity contribution in [3.8, 4) is 0 Å². The number of ketones is 1. The predicted octanol–water partition coefficient (Wildman–Crippen LogP) is 4.07. The zero-order valence-corrected chi connectivity index (χ0v) is 15.5. The quantitative estimate of drug-likeness (QED) is 0.658. The van der Waals surface area contributed by atoms with Crippen molar-refractivity contribution in [1.29, 1.82) is 0 Å². The van der Waals surface area contributed by atoms with Crippen LogP contribution in [0.5, 0.6) is 0 Å². The summed E-state index contributed by atoms with van der Waals surface area (Å²) in [4.78, 5) is 28.5. The molecule has 0 atom stereocenters. The molecule has 1 aliphatic rings. The molecule has 26 heavy (non-hydrogen) atoms. The SMILES string of the molecule is CC(=O)c1ccc(N2CCN(C(=O)c3csc4ccccc34)CC2)cc1. The van der Waals surface area contributed by atoms with E-state index < -0.39 is 0 Å². The van der Waals surface area contributed by atoms with E-state index in [0.717, 1.165) is 40.0 Å². The number of nitrogens with zero attached hydrogens (tertiary/aromatic N) is 2. The minimum atomic E-state index is 0.0787. The fraction of sp³-hybridized carbons (Fsp3) is 0.238. The van der Waals surface area contributed by atoms with Gasteiger partial charge in [-0.2, -0.15) is 0 Å². The summed E-state index contributed by atoms with van der Waals surface area (Å²) >= 11 is 1.62. The third-order valence-corrected chi connectivity index (χ3v) is 5.88. The van der Waals surface area contributed by atoms with Gasteiger partial charge in [0.05, 0.1) is 5.56 Å². The molecule has 1 fully saturated rings. The molecule has 4 rings (SSSR count). The second-order valence-corrected chi connectivity index (χ2v) is 7.44. The molecular weight excluding hydrogens is 344 g/mol. The van der Waals surface area contributed by atoms with Gasteiger partial charge in [-0.3, -0.25) is 9.59 Å². The molecule has 2 aromatic carbocycles. The highest BCUT2D eigenvalue weighted by Gasteiger charge is 2.24. The Morgan fingerprint density at radius 1 is 0.923 bits per heavy atom. The van der Waals surface area contributed by atoms with E-state index in [-0.39, 0.29) is 11.7 Å². The van der Waals surface area contributed by atoms with Gasteiger partial charge in [-0.1, -0.05) is 18.2 Å². The Balaban J connectivity index is 1.44. The Hall–Kier alpha value is -2.66. The lowest BCUT2D eigenvalue weighted by molar-refractivity contribution is 0.0749. The summed E-state index contributed by atoms with van der Waals surface area (Å²) in [7, 11) is 0. The van der Waals surface area contributed by atoms with E-state index in [1.54, 1.807) is 18.3 Å². The normalized spacial score (nSPS) is 14.7. The summed E-state index contributed by atoms with van der Waals surface area (Å²) in [5.74, 6) is 0.198. The smallest absolute Gasteiger partial charge is 0.255 e. The lowest BCUT2D eigenvalue weighted by Crippen LogP contribution is -2.48. The lowest BCUT2D eigenvalue weighted by atomic mass is 10.1. The topological polar surface area (TPSA) is 40.6 Å². The van der Waals surface area contributed by atoms with Gasteiger partial charge in [0.1, 0.15) is 0 Å². The van der Waals surface area contributed by atoms with Crippen LogP contribution in [0.25, 0.3) is 10.1 Å². The molecule has 3 aromatic rings. The van der Waals surface area contributed by atoms with Gasteiger partial charge in [-0.15, -0.1) is 11.3 Å². The van der Waals surface area contributed by atoms with Crippen LogP contribution in [0.15, 0.2) is 53.9 Å². The van der Waals surface area contributed by atoms with Gasteiger partial charge < -0.3 is 9.80 Å². The third kappa shape index (κ3) is 3.10. The van der Waals surface area contributed by atoms with Crippen LogP contribution in [0.1, 0.15) is 27.6 Å². The van der Waals surface area contributed by atoms with Gasteiger partial charge in [0.2, 0.25) is 0 Å². The van der Waals surface area contributed by atoms with Gasteiger partial charge in [-0.05, 0) is 37.3 Å². The van der Waals surface area contributed by atoms with Crippen molar-refractivity contribution in [2.75, 3.05) is 31.1 Å². The second-order valence-electron chi connectivity index (χ2n) is 6.53. The Morgan fingerprint density at radius 3 is 2.31 bits per heavy atom. The maximum Gasteiger partial charge on any atom is 0.255 e. The van der Waals surface area contributed by atoms with Crippen molar-refractivity contribution >= 4 is 38.8 Å². The van der Waals surface area contributed by atoms with Gasteiger partial charge >= 0.3 is 0 Å². The molecule has 0 N–H and O–H groups in total. The second kappa shape index (κ2) is 6.92. The van der Waals surface area contributed by atoms with Gasteiger partial charge in [0.25, 0.3) is 5.91 Å². The zero-order chi connectivity index (χ0) is 18.1. The summed E-state index contributed by atoms with van der Waals surface area (Å²) in [6.07, 6.45) is 0. The highest BCUT2D eigenvalue weighted by Crippen LogP contribution is 2.27. The fourth-order valence-corrected chi connectivity index (χ4v) is 4.32. The number of carbonyl (C=O) groups excluding carboxylic acids is 2. The first kappa shape index (κ1) is 16.8. The van der Waals surface area contributed by atoms with Crippen LogP contribution in [-0.4, -0.2) is 42.8 Å². The highest BCUT2D eigenvalue weighted by atomic mass is 32.1. The molecule has 0 radical (unpaired) electrons. The summed E-state index contributed by atoms with van der Waals surface area (Å²) in [5.41, 5.74) is 2.64. The largest absolute Gasteiger partial charge is 0.368 e. The molecular formula is C21H20N2O2S. The zero-order valence-electron chi connectivity index (χ0n) is 14.6. The number of Topliss-reactive ketones (excluding diaryl/α,β-unsaturated/α-hetero) is 1. The minimum absolute atomic E-state index is 0.0787. The van der Waals surface area contributed by atoms with Crippen LogP contribution in [0.2, 0.25) is 0 Å². The van der Waals surface area contributed by atoms with Crippen molar-refractivity contribution in [2.24, 2.45) is 0 Å². The number of rotatable bonds is 3. The van der Waals surface area contributed by atoms with Crippen molar-refractivity contribution in [2.45, 2.75) is 6.92 Å². The van der Waals surface area contributed by atoms with Crippen LogP contribution in [-0.2, 0) is 0 Å². The molecule has 132 valence electrons. The van der Waals surface area contributed by atoms with E-state index in [2.05, 4.69) is 11.0 Å². The maximum atomic E-state index is 12.9. The molecule has 1 saturated heterocycles. The number of benzene rings is 2. The van der Waals surface area contributed by atoms with Crippen molar-refractivity contribution in [3.05, 3.63) is 65.0 Å². The third-order valence-electron chi connectivity index (χ3n) is 4.92. The first-order chi connectivity index (χ1) is 12.6. The number of hydrogen-bond donors (Lipinski definition) is 0. The predicted molar refractivity (Wildman–Crippen MR) is 106 cm³/mol. The molecule has 0 unspecified atom stereocenters. The lowest BCUT2D eigenvalue weighted by Gasteiger charge is -2.36. The summed E-state index contributed by atoms with van der Waals surface area (Å²) in [6, 6.07) is 15.8. The van der Waals surface area contributed by atoms with Gasteiger partial charge in [0, 0.05) is 52.9 Å². The molecule has 1 aromatic heterocycles. The van der Waals surface area contributed by atoms with E-state index in [9.17, 15) is 9.59 Å². The van der Waals surface area contributed by atoms with E-state index in [4.69, 9.17) is 0 Å². The Kier molecular flexibility index (Phi) is 4.47. The molecule has 0 aliphatic carbocycles. The first-order valence-corrected chi connectivity index (χ1v) is 9.63. The molecule has 5 heteroatoms. The average molecular weight is 364 g/mol. The van der Waals surface area contributed by atoms with E-state index in [1.165, 1.54) is 0 Å². The standard InChI is InChI=1S/C21H20N2O2S/c1-15(24)16-6-8-17(9-7-16)22-10-12-23(13-11-22)21(25)19-14-26-20-5-3-2-4-18(19)20/h2-9,14H,10-13H2,1H3. The van der Waals surface area contributed by atoms with Crippen LogP contribution >= 0.6 is 11.3 Å². The van der Waals surface area contributed by atoms with E-state index >= 15 is 0 Å². The molecule has 2 heterocycles. The Morgan fingerprint density at radius 2 is 1.62 bits per heavy atom. The van der Waals surface area contributed by atoms with E-state index in [1.807, 2.05) is 52.7 Å². The van der Waals surface area contributed by atoms with E-state index in [0.29, 0.717) is 13.1 Å². The fourth-order valence-electron chi connectivity index (χ4n) is 3.39. The number of amides is 1.